The Labute approximate surface area is 109 Å². The fraction of sp³-hybridized carbons (Fsp3) is 0.400. The van der Waals surface area contributed by atoms with Crippen molar-refractivity contribution in [3.05, 3.63) is 35.4 Å². The van der Waals surface area contributed by atoms with E-state index >= 15 is 0 Å². The SMILES string of the molecule is CC(C)C(=O)N(C)Cc1ccc(C#CCN)cc1. The van der Waals surface area contributed by atoms with Gasteiger partial charge < -0.3 is 10.6 Å². The molecule has 0 fully saturated rings. The molecule has 0 saturated heterocycles. The summed E-state index contributed by atoms with van der Waals surface area (Å²) in [6.07, 6.45) is 0. The highest BCUT2D eigenvalue weighted by molar-refractivity contribution is 5.77. The van der Waals surface area contributed by atoms with E-state index in [4.69, 9.17) is 5.73 Å². The average Bonchev–Trinajstić information content (AvgIpc) is 2.36. The lowest BCUT2D eigenvalue weighted by Gasteiger charge is -2.19. The molecule has 0 aliphatic rings. The van der Waals surface area contributed by atoms with E-state index in [0.717, 1.165) is 11.1 Å². The monoisotopic (exact) mass is 244 g/mol. The van der Waals surface area contributed by atoms with Crippen molar-refractivity contribution in [2.45, 2.75) is 20.4 Å². The molecule has 1 aromatic rings. The Bertz CT molecular complexity index is 452. The lowest BCUT2D eigenvalue weighted by Crippen LogP contribution is -2.29. The molecule has 2 N–H and O–H groups in total. The summed E-state index contributed by atoms with van der Waals surface area (Å²) < 4.78 is 0. The predicted molar refractivity (Wildman–Crippen MR) is 73.7 cm³/mol. The second kappa shape index (κ2) is 6.83. The molecule has 0 heterocycles. The summed E-state index contributed by atoms with van der Waals surface area (Å²) in [5.74, 6) is 5.97. The van der Waals surface area contributed by atoms with Crippen LogP contribution in [0.1, 0.15) is 25.0 Å². The second-order valence-electron chi connectivity index (χ2n) is 4.55. The minimum atomic E-state index is 0.0321. The number of hydrogen-bond acceptors (Lipinski definition) is 2. The third-order valence-corrected chi connectivity index (χ3v) is 2.58. The number of rotatable bonds is 3. The lowest BCUT2D eigenvalue weighted by molar-refractivity contribution is -0.133. The first-order valence-corrected chi connectivity index (χ1v) is 6.07. The molecule has 18 heavy (non-hydrogen) atoms. The van der Waals surface area contributed by atoms with Crippen LogP contribution in [0.15, 0.2) is 24.3 Å². The van der Waals surface area contributed by atoms with Gasteiger partial charge >= 0.3 is 0 Å². The van der Waals surface area contributed by atoms with Crippen LogP contribution in [0.3, 0.4) is 0 Å². The van der Waals surface area contributed by atoms with Gasteiger partial charge in [0.25, 0.3) is 0 Å². The number of amides is 1. The van der Waals surface area contributed by atoms with Gasteiger partial charge in [0.2, 0.25) is 5.91 Å². The fourth-order valence-electron chi connectivity index (χ4n) is 1.64. The minimum Gasteiger partial charge on any atom is -0.341 e. The number of carbonyl (C=O) groups excluding carboxylic acids is 1. The summed E-state index contributed by atoms with van der Waals surface area (Å²) in [5.41, 5.74) is 7.36. The van der Waals surface area contributed by atoms with Crippen LogP contribution in [0, 0.1) is 17.8 Å². The Balaban J connectivity index is 2.66. The molecule has 0 saturated carbocycles. The molecule has 0 aliphatic heterocycles. The molecule has 3 nitrogen and oxygen atoms in total. The number of carbonyl (C=O) groups is 1. The Morgan fingerprint density at radius 1 is 1.33 bits per heavy atom. The van der Waals surface area contributed by atoms with Gasteiger partial charge in [0.15, 0.2) is 0 Å². The van der Waals surface area contributed by atoms with Crippen molar-refractivity contribution in [3.63, 3.8) is 0 Å². The first-order valence-electron chi connectivity index (χ1n) is 6.07. The molecule has 0 aliphatic carbocycles. The molecule has 0 aromatic heterocycles. The number of nitrogens with zero attached hydrogens (tertiary/aromatic N) is 1. The van der Waals surface area contributed by atoms with Gasteiger partial charge in [-0.25, -0.2) is 0 Å². The molecule has 1 rings (SSSR count). The van der Waals surface area contributed by atoms with Crippen LogP contribution in [-0.2, 0) is 11.3 Å². The van der Waals surface area contributed by atoms with Crippen molar-refractivity contribution in [1.82, 2.24) is 4.90 Å². The van der Waals surface area contributed by atoms with Gasteiger partial charge in [-0.05, 0) is 17.7 Å². The molecule has 0 atom stereocenters. The van der Waals surface area contributed by atoms with E-state index in [0.29, 0.717) is 13.1 Å². The highest BCUT2D eigenvalue weighted by atomic mass is 16.2. The van der Waals surface area contributed by atoms with Gasteiger partial charge in [0.1, 0.15) is 0 Å². The smallest absolute Gasteiger partial charge is 0.225 e. The summed E-state index contributed by atoms with van der Waals surface area (Å²) in [4.78, 5) is 13.5. The summed E-state index contributed by atoms with van der Waals surface area (Å²) >= 11 is 0. The summed E-state index contributed by atoms with van der Waals surface area (Å²) in [7, 11) is 1.82. The maximum Gasteiger partial charge on any atom is 0.225 e. The topological polar surface area (TPSA) is 46.3 Å². The summed E-state index contributed by atoms with van der Waals surface area (Å²) in [6.45, 7) is 4.81. The lowest BCUT2D eigenvalue weighted by atomic mass is 10.1. The van der Waals surface area contributed by atoms with E-state index in [2.05, 4.69) is 11.8 Å². The van der Waals surface area contributed by atoms with Gasteiger partial charge in [0, 0.05) is 25.1 Å². The number of benzene rings is 1. The summed E-state index contributed by atoms with van der Waals surface area (Å²) in [5, 5.41) is 0. The van der Waals surface area contributed by atoms with Crippen molar-refractivity contribution in [1.29, 1.82) is 0 Å². The zero-order chi connectivity index (χ0) is 13.5. The van der Waals surface area contributed by atoms with Gasteiger partial charge in [-0.3, -0.25) is 4.79 Å². The Morgan fingerprint density at radius 3 is 2.44 bits per heavy atom. The van der Waals surface area contributed by atoms with Crippen molar-refractivity contribution in [2.75, 3.05) is 13.6 Å². The third kappa shape index (κ3) is 4.23. The van der Waals surface area contributed by atoms with Gasteiger partial charge in [-0.2, -0.15) is 0 Å². The molecular weight excluding hydrogens is 224 g/mol. The maximum atomic E-state index is 11.7. The molecule has 1 amide bonds. The standard InChI is InChI=1S/C15H20N2O/c1-12(2)15(18)17(3)11-14-8-6-13(7-9-14)5-4-10-16/h6-9,12H,10-11,16H2,1-3H3. The maximum absolute atomic E-state index is 11.7. The van der Waals surface area contributed by atoms with Crippen molar-refractivity contribution in [3.8, 4) is 11.8 Å². The Morgan fingerprint density at radius 2 is 1.94 bits per heavy atom. The highest BCUT2D eigenvalue weighted by Crippen LogP contribution is 2.08. The average molecular weight is 244 g/mol. The van der Waals surface area contributed by atoms with E-state index in [9.17, 15) is 4.79 Å². The predicted octanol–water partition coefficient (Wildman–Crippen LogP) is 1.61. The van der Waals surface area contributed by atoms with E-state index < -0.39 is 0 Å². The molecule has 0 radical (unpaired) electrons. The normalized spacial score (nSPS) is 9.83. The largest absolute Gasteiger partial charge is 0.341 e. The number of nitrogens with two attached hydrogens (primary N) is 1. The zero-order valence-corrected chi connectivity index (χ0v) is 11.2. The van der Waals surface area contributed by atoms with Crippen LogP contribution in [0.5, 0.6) is 0 Å². The molecule has 0 bridgehead atoms. The highest BCUT2D eigenvalue weighted by Gasteiger charge is 2.12. The van der Waals surface area contributed by atoms with Crippen LogP contribution in [0.2, 0.25) is 0 Å². The molecule has 0 spiro atoms. The van der Waals surface area contributed by atoms with E-state index in [1.807, 2.05) is 45.2 Å². The van der Waals surface area contributed by atoms with E-state index in [-0.39, 0.29) is 11.8 Å². The van der Waals surface area contributed by atoms with Crippen LogP contribution < -0.4 is 5.73 Å². The van der Waals surface area contributed by atoms with Crippen LogP contribution in [0.4, 0.5) is 0 Å². The van der Waals surface area contributed by atoms with Crippen molar-refractivity contribution in [2.24, 2.45) is 11.7 Å². The Kier molecular flexibility index (Phi) is 5.41. The molecule has 3 heteroatoms. The van der Waals surface area contributed by atoms with Crippen molar-refractivity contribution < 1.29 is 4.79 Å². The zero-order valence-electron chi connectivity index (χ0n) is 11.2. The Hall–Kier alpha value is -1.79. The van der Waals surface area contributed by atoms with Gasteiger partial charge in [0.05, 0.1) is 6.54 Å². The van der Waals surface area contributed by atoms with Crippen LogP contribution in [0.25, 0.3) is 0 Å². The minimum absolute atomic E-state index is 0.0321. The first kappa shape index (κ1) is 14.3. The second-order valence-corrected chi connectivity index (χ2v) is 4.55. The molecule has 1 aromatic carbocycles. The van der Waals surface area contributed by atoms with Gasteiger partial charge in [-0.1, -0.05) is 37.8 Å². The molecular formula is C15H20N2O. The first-order chi connectivity index (χ1) is 8.54. The van der Waals surface area contributed by atoms with E-state index in [1.165, 1.54) is 0 Å². The number of hydrogen-bond donors (Lipinski definition) is 1. The van der Waals surface area contributed by atoms with Crippen LogP contribution in [-0.4, -0.2) is 24.4 Å². The molecule has 0 unspecified atom stereocenters. The quantitative estimate of drug-likeness (QED) is 0.821. The third-order valence-electron chi connectivity index (χ3n) is 2.58. The summed E-state index contributed by atoms with van der Waals surface area (Å²) in [6, 6.07) is 7.88. The molecule has 96 valence electrons. The van der Waals surface area contributed by atoms with E-state index in [1.54, 1.807) is 4.90 Å². The van der Waals surface area contributed by atoms with Crippen molar-refractivity contribution >= 4 is 5.91 Å². The fourth-order valence-corrected chi connectivity index (χ4v) is 1.64. The van der Waals surface area contributed by atoms with Crippen LogP contribution >= 0.6 is 0 Å². The van der Waals surface area contributed by atoms with Gasteiger partial charge in [-0.15, -0.1) is 0 Å².